The molecule has 0 unspecified atom stereocenters. The van der Waals surface area contributed by atoms with E-state index in [0.29, 0.717) is 30.9 Å². The molecule has 1 amide bonds. The van der Waals surface area contributed by atoms with Gasteiger partial charge in [-0.3, -0.25) is 9.20 Å². The van der Waals surface area contributed by atoms with Crippen LogP contribution in [0.15, 0.2) is 46.2 Å². The molecule has 12 heteroatoms. The summed E-state index contributed by atoms with van der Waals surface area (Å²) in [6, 6.07) is 7.32. The molecular formula is C25H29N3O7S2. The predicted molar refractivity (Wildman–Crippen MR) is 137 cm³/mol. The molecule has 0 aliphatic carbocycles. The monoisotopic (exact) mass is 547 g/mol. The van der Waals surface area contributed by atoms with E-state index in [1.165, 1.54) is 27.9 Å². The van der Waals surface area contributed by atoms with Gasteiger partial charge in [0.05, 0.1) is 31.4 Å². The van der Waals surface area contributed by atoms with E-state index in [0.717, 1.165) is 16.5 Å². The van der Waals surface area contributed by atoms with Crippen molar-refractivity contribution in [3.05, 3.63) is 57.3 Å². The zero-order valence-electron chi connectivity index (χ0n) is 21.0. The fourth-order valence-corrected chi connectivity index (χ4v) is 6.60. The third-order valence-corrected chi connectivity index (χ3v) is 8.63. The largest absolute Gasteiger partial charge is 0.444 e. The Bertz CT molecular complexity index is 1480. The summed E-state index contributed by atoms with van der Waals surface area (Å²) in [4.78, 5) is 32.6. The fraction of sp³-hybridized carbons (Fsp3) is 0.480. The van der Waals surface area contributed by atoms with Crippen LogP contribution in [0.2, 0.25) is 0 Å². The summed E-state index contributed by atoms with van der Waals surface area (Å²) in [6.07, 6.45) is 2.50. The van der Waals surface area contributed by atoms with Crippen LogP contribution in [0.5, 0.6) is 5.88 Å². The zero-order chi connectivity index (χ0) is 26.5. The highest BCUT2D eigenvalue weighted by molar-refractivity contribution is 7.87. The first kappa shape index (κ1) is 25.7. The molecule has 2 fully saturated rings. The number of carbonyl (C=O) groups is 1. The van der Waals surface area contributed by atoms with E-state index in [-0.39, 0.29) is 35.0 Å². The molecule has 3 atom stereocenters. The van der Waals surface area contributed by atoms with Gasteiger partial charge in [0.25, 0.3) is 5.56 Å². The Balaban J connectivity index is 1.33. The van der Waals surface area contributed by atoms with Gasteiger partial charge < -0.3 is 18.6 Å². The van der Waals surface area contributed by atoms with E-state index in [2.05, 4.69) is 4.98 Å². The first-order valence-electron chi connectivity index (χ1n) is 12.0. The van der Waals surface area contributed by atoms with Gasteiger partial charge >= 0.3 is 16.2 Å². The van der Waals surface area contributed by atoms with Gasteiger partial charge in [0.1, 0.15) is 10.5 Å². The Morgan fingerprint density at radius 1 is 1.14 bits per heavy atom. The van der Waals surface area contributed by atoms with Gasteiger partial charge in [0.15, 0.2) is 4.96 Å². The number of ether oxygens (including phenoxy) is 2. The van der Waals surface area contributed by atoms with Crippen LogP contribution in [0, 0.1) is 6.92 Å². The fourth-order valence-electron chi connectivity index (χ4n) is 4.62. The van der Waals surface area contributed by atoms with Crippen LogP contribution in [0.25, 0.3) is 4.96 Å². The second-order valence-electron chi connectivity index (χ2n) is 10.5. The van der Waals surface area contributed by atoms with Crippen molar-refractivity contribution in [2.24, 2.45) is 0 Å². The molecule has 1 aromatic carbocycles. The number of benzene rings is 1. The normalized spacial score (nSPS) is 22.2. The molecule has 2 saturated heterocycles. The molecule has 0 spiro atoms. The zero-order valence-corrected chi connectivity index (χ0v) is 22.7. The highest BCUT2D eigenvalue weighted by atomic mass is 32.2. The molecule has 2 aliphatic heterocycles. The maximum Gasteiger partial charge on any atom is 0.410 e. The minimum Gasteiger partial charge on any atom is -0.444 e. The maximum absolute atomic E-state index is 12.8. The van der Waals surface area contributed by atoms with Crippen LogP contribution in [0.1, 0.15) is 50.0 Å². The number of amides is 1. The maximum atomic E-state index is 12.8. The lowest BCUT2D eigenvalue weighted by molar-refractivity contribution is -0.118. The summed E-state index contributed by atoms with van der Waals surface area (Å²) in [6.45, 7) is 8.26. The molecule has 0 radical (unpaired) electrons. The summed E-state index contributed by atoms with van der Waals surface area (Å²) in [7, 11) is -4.13. The van der Waals surface area contributed by atoms with Crippen LogP contribution in [0.4, 0.5) is 4.79 Å². The van der Waals surface area contributed by atoms with Crippen LogP contribution in [-0.4, -0.2) is 59.7 Å². The quantitative estimate of drug-likeness (QED) is 0.454. The van der Waals surface area contributed by atoms with Crippen molar-refractivity contribution in [3.63, 3.8) is 0 Å². The summed E-state index contributed by atoms with van der Waals surface area (Å²) in [5, 5.41) is 0. The van der Waals surface area contributed by atoms with Gasteiger partial charge in [0.2, 0.25) is 5.88 Å². The SMILES string of the molecule is Cc1ccc(S(=O)(=O)Oc2cc(=O)n3cc([C@@H]4C[C@@H]5CN(C(=O)OC(C)(C)C)C[C@H](C4)O5)sc3n2)cc1. The lowest BCUT2D eigenvalue weighted by Crippen LogP contribution is -2.54. The van der Waals surface area contributed by atoms with Gasteiger partial charge in [-0.2, -0.15) is 13.4 Å². The molecule has 0 saturated carbocycles. The van der Waals surface area contributed by atoms with E-state index in [4.69, 9.17) is 13.7 Å². The number of nitrogens with zero attached hydrogens (tertiary/aromatic N) is 3. The van der Waals surface area contributed by atoms with Gasteiger partial charge in [-0.1, -0.05) is 17.7 Å². The lowest BCUT2D eigenvalue weighted by Gasteiger charge is -2.44. The molecule has 5 rings (SSSR count). The van der Waals surface area contributed by atoms with Crippen molar-refractivity contribution in [3.8, 4) is 5.88 Å². The highest BCUT2D eigenvalue weighted by Crippen LogP contribution is 2.39. The molecule has 3 aromatic rings. The summed E-state index contributed by atoms with van der Waals surface area (Å²) in [5.74, 6) is -0.146. The van der Waals surface area contributed by atoms with Gasteiger partial charge in [0, 0.05) is 11.1 Å². The van der Waals surface area contributed by atoms with E-state index >= 15 is 0 Å². The van der Waals surface area contributed by atoms with Crippen LogP contribution in [-0.2, 0) is 19.6 Å². The third kappa shape index (κ3) is 5.65. The minimum atomic E-state index is -4.13. The van der Waals surface area contributed by atoms with Crippen molar-refractivity contribution >= 4 is 32.5 Å². The average Bonchev–Trinajstić information content (AvgIpc) is 3.22. The van der Waals surface area contributed by atoms with Crippen molar-refractivity contribution in [1.29, 1.82) is 0 Å². The van der Waals surface area contributed by atoms with Gasteiger partial charge in [-0.15, -0.1) is 11.3 Å². The van der Waals surface area contributed by atoms with Gasteiger partial charge in [-0.05, 0) is 58.6 Å². The number of morpholine rings is 1. The lowest BCUT2D eigenvalue weighted by atomic mass is 9.88. The molecular weight excluding hydrogens is 518 g/mol. The number of carbonyl (C=O) groups excluding carboxylic acids is 1. The molecule has 4 heterocycles. The predicted octanol–water partition coefficient (Wildman–Crippen LogP) is 3.71. The van der Waals surface area contributed by atoms with Crippen LogP contribution in [0.3, 0.4) is 0 Å². The second kappa shape index (κ2) is 9.41. The molecule has 2 bridgehead atoms. The van der Waals surface area contributed by atoms with Crippen molar-refractivity contribution in [1.82, 2.24) is 14.3 Å². The second-order valence-corrected chi connectivity index (χ2v) is 13.1. The topological polar surface area (TPSA) is 117 Å². The number of aryl methyl sites for hydroxylation is 1. The van der Waals surface area contributed by atoms with Gasteiger partial charge in [-0.25, -0.2) is 4.79 Å². The Hall–Kier alpha value is -2.96. The summed E-state index contributed by atoms with van der Waals surface area (Å²) >= 11 is 1.33. The Kier molecular flexibility index (Phi) is 6.53. The molecule has 37 heavy (non-hydrogen) atoms. The molecule has 2 aliphatic rings. The molecule has 0 N–H and O–H groups in total. The molecule has 10 nitrogen and oxygen atoms in total. The summed E-state index contributed by atoms with van der Waals surface area (Å²) in [5.41, 5.74) is -0.0746. The Morgan fingerprint density at radius 3 is 2.41 bits per heavy atom. The first-order chi connectivity index (χ1) is 17.4. The number of fused-ring (bicyclic) bond motifs is 3. The number of thiazole rings is 1. The summed E-state index contributed by atoms with van der Waals surface area (Å²) < 4.78 is 43.5. The standard InChI is InChI=1S/C25H29N3O7S2/c1-15-5-7-19(8-6-15)37(31,32)35-21-11-22(29)28-14-20(36-23(28)26-21)16-9-17-12-27(13-18(10-16)33-17)24(30)34-25(2,3)4/h5-8,11,14,16-18H,9-10,12-13H2,1-4H3/t16-,17-,18+. The smallest absolute Gasteiger partial charge is 0.410 e. The van der Waals surface area contributed by atoms with E-state index < -0.39 is 21.3 Å². The molecule has 198 valence electrons. The number of rotatable bonds is 4. The Morgan fingerprint density at radius 2 is 1.78 bits per heavy atom. The number of likely N-dealkylation sites (tertiary alicyclic amines) is 1. The number of hydrogen-bond donors (Lipinski definition) is 0. The van der Waals surface area contributed by atoms with E-state index in [1.807, 2.05) is 27.7 Å². The van der Waals surface area contributed by atoms with Crippen molar-refractivity contribution in [2.45, 2.75) is 69.2 Å². The van der Waals surface area contributed by atoms with Crippen LogP contribution >= 0.6 is 11.3 Å². The van der Waals surface area contributed by atoms with Crippen LogP contribution < -0.4 is 9.74 Å². The average molecular weight is 548 g/mol. The van der Waals surface area contributed by atoms with Crippen molar-refractivity contribution < 1.29 is 26.9 Å². The van der Waals surface area contributed by atoms with E-state index in [9.17, 15) is 18.0 Å². The van der Waals surface area contributed by atoms with Crippen molar-refractivity contribution in [2.75, 3.05) is 13.1 Å². The first-order valence-corrected chi connectivity index (χ1v) is 14.3. The molecule has 2 aromatic heterocycles. The minimum absolute atomic E-state index is 0.0128. The number of hydrogen-bond acceptors (Lipinski definition) is 9. The van der Waals surface area contributed by atoms with E-state index in [1.54, 1.807) is 23.2 Å². The third-order valence-electron chi connectivity index (χ3n) is 6.25. The Labute approximate surface area is 218 Å². The number of aromatic nitrogens is 2. The highest BCUT2D eigenvalue weighted by Gasteiger charge is 2.40.